The first-order chi connectivity index (χ1) is 8.47. The molecule has 1 saturated heterocycles. The third kappa shape index (κ3) is 4.49. The van der Waals surface area contributed by atoms with E-state index in [0.717, 1.165) is 23.5 Å². The van der Waals surface area contributed by atoms with E-state index in [1.165, 1.54) is 0 Å². The fourth-order valence-electron chi connectivity index (χ4n) is 1.82. The summed E-state index contributed by atoms with van der Waals surface area (Å²) in [7, 11) is 0. The van der Waals surface area contributed by atoms with Crippen LogP contribution in [0.5, 0.6) is 0 Å². The van der Waals surface area contributed by atoms with E-state index in [2.05, 4.69) is 18.2 Å². The number of hydrogen-bond acceptors (Lipinski definition) is 3. The number of thioether (sulfide) groups is 1. The minimum absolute atomic E-state index is 0.00197. The predicted molar refractivity (Wildman–Crippen MR) is 71.5 cm³/mol. The lowest BCUT2D eigenvalue weighted by molar-refractivity contribution is -0.137. The standard InChI is InChI=1S/C12H18N2O3S/c1-3-6-14(8-10(15)16)11(17)13-9-12(2)5-4-7-18-12/h1H,4-9H2,2H3,(H,13,17)(H,15,16). The second-order valence-electron chi connectivity index (χ2n) is 4.51. The Balaban J connectivity index is 2.46. The Morgan fingerprint density at radius 3 is 2.83 bits per heavy atom. The minimum atomic E-state index is -1.07. The monoisotopic (exact) mass is 270 g/mol. The van der Waals surface area contributed by atoms with Crippen molar-refractivity contribution >= 4 is 23.8 Å². The van der Waals surface area contributed by atoms with Crippen LogP contribution in [0.15, 0.2) is 0 Å². The van der Waals surface area contributed by atoms with E-state index < -0.39 is 12.0 Å². The maximum absolute atomic E-state index is 11.8. The molecule has 1 unspecified atom stereocenters. The lowest BCUT2D eigenvalue weighted by Gasteiger charge is -2.25. The minimum Gasteiger partial charge on any atom is -0.480 e. The van der Waals surface area contributed by atoms with Gasteiger partial charge in [-0.3, -0.25) is 4.79 Å². The van der Waals surface area contributed by atoms with Crippen LogP contribution < -0.4 is 5.32 Å². The molecule has 0 aromatic rings. The molecule has 0 aromatic heterocycles. The van der Waals surface area contributed by atoms with Crippen LogP contribution in [-0.4, -0.2) is 52.1 Å². The average molecular weight is 270 g/mol. The molecule has 5 nitrogen and oxygen atoms in total. The number of aliphatic carboxylic acids is 1. The van der Waals surface area contributed by atoms with Crippen LogP contribution >= 0.6 is 11.8 Å². The molecular weight excluding hydrogens is 252 g/mol. The van der Waals surface area contributed by atoms with Crippen molar-refractivity contribution in [1.82, 2.24) is 10.2 Å². The van der Waals surface area contributed by atoms with Crippen LogP contribution in [0.25, 0.3) is 0 Å². The summed E-state index contributed by atoms with van der Waals surface area (Å²) in [5.74, 6) is 2.33. The number of amides is 2. The van der Waals surface area contributed by atoms with Crippen LogP contribution in [-0.2, 0) is 4.79 Å². The Kier molecular flexibility index (Phi) is 5.35. The van der Waals surface area contributed by atoms with Gasteiger partial charge in [-0.05, 0) is 25.5 Å². The van der Waals surface area contributed by atoms with E-state index in [-0.39, 0.29) is 17.8 Å². The molecule has 0 radical (unpaired) electrons. The summed E-state index contributed by atoms with van der Waals surface area (Å²) in [6.07, 6.45) is 7.33. The third-order valence-electron chi connectivity index (χ3n) is 2.81. The van der Waals surface area contributed by atoms with Crippen molar-refractivity contribution in [3.05, 3.63) is 0 Å². The van der Waals surface area contributed by atoms with Crippen LogP contribution in [0.1, 0.15) is 19.8 Å². The Morgan fingerprint density at radius 1 is 1.61 bits per heavy atom. The van der Waals surface area contributed by atoms with Gasteiger partial charge in [0.15, 0.2) is 0 Å². The molecule has 1 heterocycles. The Hall–Kier alpha value is -1.35. The molecule has 18 heavy (non-hydrogen) atoms. The number of carbonyl (C=O) groups is 2. The molecule has 6 heteroatoms. The molecule has 100 valence electrons. The van der Waals surface area contributed by atoms with Gasteiger partial charge in [-0.1, -0.05) is 5.92 Å². The molecule has 0 saturated carbocycles. The summed E-state index contributed by atoms with van der Waals surface area (Å²) < 4.78 is 0.0562. The number of nitrogens with one attached hydrogen (secondary N) is 1. The number of rotatable bonds is 5. The molecule has 1 fully saturated rings. The van der Waals surface area contributed by atoms with E-state index >= 15 is 0 Å². The van der Waals surface area contributed by atoms with Gasteiger partial charge in [-0.25, -0.2) is 4.79 Å². The summed E-state index contributed by atoms with van der Waals surface area (Å²) in [6, 6.07) is -0.413. The highest BCUT2D eigenvalue weighted by Gasteiger charge is 2.30. The van der Waals surface area contributed by atoms with Crippen molar-refractivity contribution in [2.75, 3.05) is 25.4 Å². The third-order valence-corrected chi connectivity index (χ3v) is 4.35. The molecule has 0 bridgehead atoms. The summed E-state index contributed by atoms with van der Waals surface area (Å²) in [5, 5.41) is 11.5. The number of terminal acetylenes is 1. The molecule has 1 atom stereocenters. The van der Waals surface area contributed by atoms with Crippen LogP contribution in [0.2, 0.25) is 0 Å². The van der Waals surface area contributed by atoms with E-state index in [1.54, 1.807) is 0 Å². The molecule has 2 amide bonds. The zero-order valence-corrected chi connectivity index (χ0v) is 11.3. The maximum atomic E-state index is 11.8. The summed E-state index contributed by atoms with van der Waals surface area (Å²) in [6.45, 7) is 2.27. The Bertz CT molecular complexity index is 359. The van der Waals surface area contributed by atoms with Crippen molar-refractivity contribution in [3.8, 4) is 12.3 Å². The van der Waals surface area contributed by atoms with Gasteiger partial charge in [0.25, 0.3) is 0 Å². The van der Waals surface area contributed by atoms with Gasteiger partial charge in [0.1, 0.15) is 6.54 Å². The van der Waals surface area contributed by atoms with Crippen LogP contribution in [0.4, 0.5) is 4.79 Å². The van der Waals surface area contributed by atoms with E-state index in [9.17, 15) is 9.59 Å². The lowest BCUT2D eigenvalue weighted by Crippen LogP contribution is -2.46. The Labute approximate surface area is 111 Å². The SMILES string of the molecule is C#CCN(CC(=O)O)C(=O)NCC1(C)CCCS1. The second-order valence-corrected chi connectivity index (χ2v) is 6.20. The van der Waals surface area contributed by atoms with Crippen molar-refractivity contribution in [1.29, 1.82) is 0 Å². The fraction of sp³-hybridized carbons (Fsp3) is 0.667. The first-order valence-electron chi connectivity index (χ1n) is 5.79. The summed E-state index contributed by atoms with van der Waals surface area (Å²) >= 11 is 1.84. The number of carboxylic acid groups (broad SMARTS) is 1. The summed E-state index contributed by atoms with van der Waals surface area (Å²) in [5.41, 5.74) is 0. The van der Waals surface area contributed by atoms with Gasteiger partial charge in [0, 0.05) is 11.3 Å². The molecule has 0 aromatic carbocycles. The first kappa shape index (κ1) is 14.7. The molecule has 0 spiro atoms. The van der Waals surface area contributed by atoms with Crippen LogP contribution in [0, 0.1) is 12.3 Å². The largest absolute Gasteiger partial charge is 0.480 e. The van der Waals surface area contributed by atoms with Gasteiger partial charge < -0.3 is 15.3 Å². The van der Waals surface area contributed by atoms with Crippen molar-refractivity contribution in [2.24, 2.45) is 0 Å². The normalized spacial score (nSPS) is 22.2. The first-order valence-corrected chi connectivity index (χ1v) is 6.77. The molecule has 1 aliphatic heterocycles. The highest BCUT2D eigenvalue weighted by molar-refractivity contribution is 8.00. The highest BCUT2D eigenvalue weighted by Crippen LogP contribution is 2.36. The maximum Gasteiger partial charge on any atom is 0.323 e. The lowest BCUT2D eigenvalue weighted by atomic mass is 10.1. The Morgan fingerprint density at radius 2 is 2.33 bits per heavy atom. The van der Waals surface area contributed by atoms with Gasteiger partial charge in [0.2, 0.25) is 0 Å². The van der Waals surface area contributed by atoms with Gasteiger partial charge in [-0.15, -0.1) is 6.42 Å². The molecule has 1 rings (SSSR count). The smallest absolute Gasteiger partial charge is 0.323 e. The number of nitrogens with zero attached hydrogens (tertiary/aromatic N) is 1. The summed E-state index contributed by atoms with van der Waals surface area (Å²) in [4.78, 5) is 23.5. The molecule has 0 aliphatic carbocycles. The van der Waals surface area contributed by atoms with E-state index in [4.69, 9.17) is 11.5 Å². The zero-order valence-electron chi connectivity index (χ0n) is 10.4. The number of carboxylic acids is 1. The fourth-order valence-corrected chi connectivity index (χ4v) is 3.07. The topological polar surface area (TPSA) is 69.6 Å². The van der Waals surface area contributed by atoms with E-state index in [0.29, 0.717) is 6.54 Å². The second kappa shape index (κ2) is 6.55. The average Bonchev–Trinajstić information content (AvgIpc) is 2.72. The number of urea groups is 1. The molecule has 1 aliphatic rings. The molecule has 2 N–H and O–H groups in total. The van der Waals surface area contributed by atoms with Crippen LogP contribution in [0.3, 0.4) is 0 Å². The zero-order chi connectivity index (χ0) is 13.6. The van der Waals surface area contributed by atoms with Gasteiger partial charge in [0.05, 0.1) is 6.54 Å². The number of hydrogen-bond donors (Lipinski definition) is 2. The highest BCUT2D eigenvalue weighted by atomic mass is 32.2. The quantitative estimate of drug-likeness (QED) is 0.731. The van der Waals surface area contributed by atoms with Crippen molar-refractivity contribution < 1.29 is 14.7 Å². The van der Waals surface area contributed by atoms with Gasteiger partial charge >= 0.3 is 12.0 Å². The molecular formula is C12H18N2O3S. The van der Waals surface area contributed by atoms with Gasteiger partial charge in [-0.2, -0.15) is 11.8 Å². The van der Waals surface area contributed by atoms with E-state index in [1.807, 2.05) is 11.8 Å². The van der Waals surface area contributed by atoms with Crippen molar-refractivity contribution in [3.63, 3.8) is 0 Å². The van der Waals surface area contributed by atoms with Crippen molar-refractivity contribution in [2.45, 2.75) is 24.5 Å². The predicted octanol–water partition coefficient (Wildman–Crippen LogP) is 1.00. The number of carbonyl (C=O) groups excluding carboxylic acids is 1.